The van der Waals surface area contributed by atoms with Crippen LogP contribution >= 0.6 is 23.2 Å². The van der Waals surface area contributed by atoms with E-state index in [4.69, 9.17) is 32.1 Å². The Morgan fingerprint density at radius 3 is 2.40 bits per heavy atom. The number of benzene rings is 3. The first-order valence-electron chi connectivity index (χ1n) is 8.46. The van der Waals surface area contributed by atoms with Gasteiger partial charge in [-0.25, -0.2) is 4.39 Å². The zero-order chi connectivity index (χ0) is 21.5. The summed E-state index contributed by atoms with van der Waals surface area (Å²) in [7, 11) is -4.18. The molecule has 0 radical (unpaired) electrons. The number of allylic oxidation sites excluding steroid dienone is 1. The third-order valence-electron chi connectivity index (χ3n) is 4.20. The normalized spacial score (nSPS) is 14.5. The number of hydrogen-bond acceptors (Lipinski definition) is 5. The second kappa shape index (κ2) is 7.75. The number of halogens is 3. The summed E-state index contributed by atoms with van der Waals surface area (Å²) < 4.78 is 48.4. The fourth-order valence-corrected chi connectivity index (χ4v) is 4.14. The van der Waals surface area contributed by atoms with Crippen LogP contribution in [0.15, 0.2) is 71.3 Å². The molecule has 1 aliphatic rings. The lowest BCUT2D eigenvalue weighted by molar-refractivity contribution is 0.101. The molecule has 0 N–H and O–H groups in total. The first-order chi connectivity index (χ1) is 14.2. The topological polar surface area (TPSA) is 69.7 Å². The van der Waals surface area contributed by atoms with Crippen LogP contribution in [-0.2, 0) is 10.1 Å². The third kappa shape index (κ3) is 4.05. The van der Waals surface area contributed by atoms with Gasteiger partial charge in [0.1, 0.15) is 22.2 Å². The molecule has 3 aromatic rings. The van der Waals surface area contributed by atoms with Crippen molar-refractivity contribution in [3.63, 3.8) is 0 Å². The van der Waals surface area contributed by atoms with E-state index in [1.165, 1.54) is 30.3 Å². The summed E-state index contributed by atoms with van der Waals surface area (Å²) in [6, 6.07) is 13.0. The second-order valence-electron chi connectivity index (χ2n) is 6.25. The van der Waals surface area contributed by atoms with Crippen LogP contribution in [0.25, 0.3) is 6.08 Å². The molecule has 0 aromatic heterocycles. The first kappa shape index (κ1) is 20.4. The predicted octanol–water partition coefficient (Wildman–Crippen LogP) is 5.52. The Bertz CT molecular complexity index is 1300. The van der Waals surface area contributed by atoms with Gasteiger partial charge in [0.15, 0.2) is 5.76 Å². The van der Waals surface area contributed by atoms with Crippen molar-refractivity contribution < 1.29 is 26.5 Å². The summed E-state index contributed by atoms with van der Waals surface area (Å²) in [5.74, 6) is -0.852. The molecule has 0 aliphatic carbocycles. The lowest BCUT2D eigenvalue weighted by atomic mass is 10.1. The van der Waals surface area contributed by atoms with E-state index in [-0.39, 0.29) is 33.5 Å². The molecule has 30 heavy (non-hydrogen) atoms. The summed E-state index contributed by atoms with van der Waals surface area (Å²) in [5.41, 5.74) is 0.783. The van der Waals surface area contributed by atoms with Crippen molar-refractivity contribution in [2.45, 2.75) is 4.90 Å². The van der Waals surface area contributed by atoms with Crippen LogP contribution in [0.4, 0.5) is 4.39 Å². The van der Waals surface area contributed by atoms with Gasteiger partial charge in [0, 0.05) is 16.1 Å². The van der Waals surface area contributed by atoms with Gasteiger partial charge in [0.25, 0.3) is 0 Å². The van der Waals surface area contributed by atoms with Gasteiger partial charge in [0.05, 0.1) is 5.56 Å². The first-order valence-corrected chi connectivity index (χ1v) is 10.6. The maximum Gasteiger partial charge on any atom is 0.339 e. The molecule has 0 amide bonds. The molecule has 152 valence electrons. The van der Waals surface area contributed by atoms with Crippen molar-refractivity contribution >= 4 is 45.2 Å². The highest BCUT2D eigenvalue weighted by molar-refractivity contribution is 7.87. The molecule has 9 heteroatoms. The molecule has 0 saturated heterocycles. The second-order valence-corrected chi connectivity index (χ2v) is 8.64. The van der Waals surface area contributed by atoms with E-state index in [1.54, 1.807) is 12.1 Å². The van der Waals surface area contributed by atoms with Gasteiger partial charge in [-0.2, -0.15) is 8.42 Å². The Kier molecular flexibility index (Phi) is 5.27. The minimum atomic E-state index is -4.18. The van der Waals surface area contributed by atoms with Gasteiger partial charge < -0.3 is 8.92 Å². The molecular formula is C21H11Cl2FO5S. The fraction of sp³-hybridized carbons (Fsp3) is 0. The molecular weight excluding hydrogens is 454 g/mol. The fourth-order valence-electron chi connectivity index (χ4n) is 2.75. The molecule has 0 fully saturated rings. The number of rotatable bonds is 4. The van der Waals surface area contributed by atoms with Crippen molar-refractivity contribution in [2.75, 3.05) is 0 Å². The highest BCUT2D eigenvalue weighted by Crippen LogP contribution is 2.36. The van der Waals surface area contributed by atoms with Crippen LogP contribution < -0.4 is 8.92 Å². The number of carbonyl (C=O) groups excluding carboxylic acids is 1. The minimum Gasteiger partial charge on any atom is -0.452 e. The van der Waals surface area contributed by atoms with E-state index in [2.05, 4.69) is 0 Å². The summed E-state index contributed by atoms with van der Waals surface area (Å²) in [6.07, 6.45) is 1.47. The maximum atomic E-state index is 13.0. The molecule has 1 heterocycles. The van der Waals surface area contributed by atoms with E-state index >= 15 is 0 Å². The lowest BCUT2D eigenvalue weighted by Gasteiger charge is -2.08. The number of hydrogen-bond donors (Lipinski definition) is 0. The Balaban J connectivity index is 1.60. The van der Waals surface area contributed by atoms with Crippen molar-refractivity contribution in [2.24, 2.45) is 0 Å². The molecule has 0 bridgehead atoms. The molecule has 4 rings (SSSR count). The zero-order valence-electron chi connectivity index (χ0n) is 14.9. The van der Waals surface area contributed by atoms with Gasteiger partial charge in [-0.05, 0) is 60.2 Å². The Morgan fingerprint density at radius 2 is 1.70 bits per heavy atom. The number of ether oxygens (including phenoxy) is 1. The van der Waals surface area contributed by atoms with Crippen LogP contribution in [0.2, 0.25) is 10.0 Å². The standard InChI is InChI=1S/C21H11Cl2FO5S/c22-13-2-1-12(18(23)10-13)9-20-21(25)17-8-5-15(11-19(17)28-20)29-30(26,27)16-6-3-14(24)4-7-16/h1-11H. The van der Waals surface area contributed by atoms with Gasteiger partial charge in [-0.15, -0.1) is 0 Å². The maximum absolute atomic E-state index is 13.0. The van der Waals surface area contributed by atoms with Crippen molar-refractivity contribution in [3.8, 4) is 11.5 Å². The molecule has 0 spiro atoms. The smallest absolute Gasteiger partial charge is 0.339 e. The van der Waals surface area contributed by atoms with E-state index < -0.39 is 15.9 Å². The van der Waals surface area contributed by atoms with Gasteiger partial charge in [-0.3, -0.25) is 4.79 Å². The lowest BCUT2D eigenvalue weighted by Crippen LogP contribution is -2.09. The highest BCUT2D eigenvalue weighted by atomic mass is 35.5. The average molecular weight is 465 g/mol. The molecule has 0 unspecified atom stereocenters. The summed E-state index contributed by atoms with van der Waals surface area (Å²) in [5, 5.41) is 0.796. The monoisotopic (exact) mass is 464 g/mol. The molecule has 1 aliphatic heterocycles. The van der Waals surface area contributed by atoms with Gasteiger partial charge in [-0.1, -0.05) is 29.3 Å². The van der Waals surface area contributed by atoms with Crippen LogP contribution in [0, 0.1) is 5.82 Å². The summed E-state index contributed by atoms with van der Waals surface area (Å²) in [4.78, 5) is 12.4. The van der Waals surface area contributed by atoms with E-state index in [0.717, 1.165) is 24.3 Å². The highest BCUT2D eigenvalue weighted by Gasteiger charge is 2.29. The summed E-state index contributed by atoms with van der Waals surface area (Å²) in [6.45, 7) is 0. The van der Waals surface area contributed by atoms with Crippen LogP contribution in [0.5, 0.6) is 11.5 Å². The minimum absolute atomic E-state index is 0.0211. The predicted molar refractivity (Wildman–Crippen MR) is 110 cm³/mol. The quantitative estimate of drug-likeness (QED) is 0.375. The number of fused-ring (bicyclic) bond motifs is 1. The number of Topliss-reactive ketones (excluding diaryl/α,β-unsaturated/α-hetero) is 1. The largest absolute Gasteiger partial charge is 0.452 e. The zero-order valence-corrected chi connectivity index (χ0v) is 17.3. The SMILES string of the molecule is O=C1C(=Cc2ccc(Cl)cc2Cl)Oc2cc(OS(=O)(=O)c3ccc(F)cc3)ccc21. The van der Waals surface area contributed by atoms with E-state index in [9.17, 15) is 17.6 Å². The number of ketones is 1. The van der Waals surface area contributed by atoms with Crippen molar-refractivity contribution in [3.05, 3.63) is 93.4 Å². The van der Waals surface area contributed by atoms with E-state index in [0.29, 0.717) is 15.6 Å². The Morgan fingerprint density at radius 1 is 0.967 bits per heavy atom. The van der Waals surface area contributed by atoms with Crippen LogP contribution in [-0.4, -0.2) is 14.2 Å². The molecule has 3 aromatic carbocycles. The van der Waals surface area contributed by atoms with Crippen molar-refractivity contribution in [1.82, 2.24) is 0 Å². The van der Waals surface area contributed by atoms with Crippen molar-refractivity contribution in [1.29, 1.82) is 0 Å². The molecule has 5 nitrogen and oxygen atoms in total. The van der Waals surface area contributed by atoms with Gasteiger partial charge in [0.2, 0.25) is 5.78 Å². The van der Waals surface area contributed by atoms with Crippen LogP contribution in [0.1, 0.15) is 15.9 Å². The number of carbonyl (C=O) groups is 1. The van der Waals surface area contributed by atoms with Crippen LogP contribution in [0.3, 0.4) is 0 Å². The third-order valence-corrected chi connectivity index (χ3v) is 6.02. The Labute approximate surface area is 181 Å². The molecule has 0 saturated carbocycles. The molecule has 0 atom stereocenters. The van der Waals surface area contributed by atoms with Gasteiger partial charge >= 0.3 is 10.1 Å². The summed E-state index contributed by atoms with van der Waals surface area (Å²) >= 11 is 12.0. The Hall–Kier alpha value is -2.87. The van der Waals surface area contributed by atoms with E-state index in [1.807, 2.05) is 0 Å². The average Bonchev–Trinajstić information content (AvgIpc) is 2.99.